The molecule has 0 saturated heterocycles. The number of rotatable bonds is 7. The van der Waals surface area contributed by atoms with Crippen LogP contribution in [0.25, 0.3) is 0 Å². The summed E-state index contributed by atoms with van der Waals surface area (Å²) in [5.74, 6) is 0. The lowest BCUT2D eigenvalue weighted by molar-refractivity contribution is -0.173. The van der Waals surface area contributed by atoms with Crippen molar-refractivity contribution >= 4 is 0 Å². The van der Waals surface area contributed by atoms with Gasteiger partial charge in [0.05, 0.1) is 19.3 Å². The first-order valence-electron chi connectivity index (χ1n) is 5.74. The summed E-state index contributed by atoms with van der Waals surface area (Å²) < 4.78 is 41.6. The highest BCUT2D eigenvalue weighted by molar-refractivity contribution is 4.99. The fourth-order valence-corrected chi connectivity index (χ4v) is 1.48. The van der Waals surface area contributed by atoms with Crippen molar-refractivity contribution in [2.75, 3.05) is 19.8 Å². The maximum absolute atomic E-state index is 11.8. The van der Waals surface area contributed by atoms with Crippen LogP contribution in [0.3, 0.4) is 0 Å². The molecule has 0 bridgehead atoms. The molecule has 0 spiro atoms. The molecule has 1 heterocycles. The molecular formula is C11H18F3N3O. The molecular weight excluding hydrogens is 247 g/mol. The second-order valence-electron chi connectivity index (χ2n) is 4.26. The minimum atomic E-state index is -4.25. The van der Waals surface area contributed by atoms with Crippen molar-refractivity contribution in [2.24, 2.45) is 0 Å². The third-order valence-electron chi connectivity index (χ3n) is 2.23. The first kappa shape index (κ1) is 15.0. The fraction of sp³-hybridized carbons (Fsp3) is 0.727. The monoisotopic (exact) mass is 265 g/mol. The number of alkyl halides is 3. The summed E-state index contributed by atoms with van der Waals surface area (Å²) >= 11 is 0. The summed E-state index contributed by atoms with van der Waals surface area (Å²) in [4.78, 5) is 0. The summed E-state index contributed by atoms with van der Waals surface area (Å²) in [5.41, 5.74) is 1.08. The van der Waals surface area contributed by atoms with Crippen molar-refractivity contribution in [1.29, 1.82) is 0 Å². The van der Waals surface area contributed by atoms with E-state index < -0.39 is 12.8 Å². The van der Waals surface area contributed by atoms with E-state index in [0.717, 1.165) is 5.56 Å². The Morgan fingerprint density at radius 1 is 1.50 bits per heavy atom. The SMILES string of the molecule is Cc1cnn(C[C@H](C)NCCOCC(F)(F)F)c1. The van der Waals surface area contributed by atoms with Gasteiger partial charge in [0, 0.05) is 18.8 Å². The van der Waals surface area contributed by atoms with E-state index in [-0.39, 0.29) is 12.6 Å². The highest BCUT2D eigenvalue weighted by Gasteiger charge is 2.27. The van der Waals surface area contributed by atoms with Gasteiger partial charge in [0.15, 0.2) is 0 Å². The van der Waals surface area contributed by atoms with Crippen molar-refractivity contribution in [1.82, 2.24) is 15.1 Å². The zero-order valence-corrected chi connectivity index (χ0v) is 10.5. The topological polar surface area (TPSA) is 39.1 Å². The van der Waals surface area contributed by atoms with Gasteiger partial charge in [0.1, 0.15) is 6.61 Å². The average Bonchev–Trinajstić information content (AvgIpc) is 2.61. The fourth-order valence-electron chi connectivity index (χ4n) is 1.48. The van der Waals surface area contributed by atoms with Crippen LogP contribution in [0.4, 0.5) is 13.2 Å². The summed E-state index contributed by atoms with van der Waals surface area (Å²) in [6, 6.07) is 0.124. The van der Waals surface area contributed by atoms with Crippen molar-refractivity contribution in [3.8, 4) is 0 Å². The van der Waals surface area contributed by atoms with Gasteiger partial charge in [-0.3, -0.25) is 4.68 Å². The van der Waals surface area contributed by atoms with Crippen LogP contribution in [-0.2, 0) is 11.3 Å². The predicted octanol–water partition coefficient (Wildman–Crippen LogP) is 1.75. The Hall–Kier alpha value is -1.08. The molecule has 0 aliphatic heterocycles. The summed E-state index contributed by atoms with van der Waals surface area (Å²) in [6.07, 6.45) is -0.574. The average molecular weight is 265 g/mol. The molecule has 7 heteroatoms. The van der Waals surface area contributed by atoms with Gasteiger partial charge >= 0.3 is 6.18 Å². The van der Waals surface area contributed by atoms with Crippen molar-refractivity contribution < 1.29 is 17.9 Å². The van der Waals surface area contributed by atoms with Crippen molar-refractivity contribution in [2.45, 2.75) is 32.6 Å². The molecule has 1 rings (SSSR count). The second kappa shape index (κ2) is 6.75. The summed E-state index contributed by atoms with van der Waals surface area (Å²) in [7, 11) is 0. The highest BCUT2D eigenvalue weighted by Crippen LogP contribution is 2.13. The van der Waals surface area contributed by atoms with Gasteiger partial charge in [-0.1, -0.05) is 0 Å². The first-order valence-corrected chi connectivity index (χ1v) is 5.74. The molecule has 1 aromatic heterocycles. The number of nitrogens with one attached hydrogen (secondary N) is 1. The van der Waals surface area contributed by atoms with E-state index in [2.05, 4.69) is 15.2 Å². The van der Waals surface area contributed by atoms with Gasteiger partial charge in [0.25, 0.3) is 0 Å². The molecule has 0 aliphatic carbocycles. The number of hydrogen-bond acceptors (Lipinski definition) is 3. The molecule has 0 aliphatic rings. The maximum atomic E-state index is 11.8. The minimum Gasteiger partial charge on any atom is -0.371 e. The highest BCUT2D eigenvalue weighted by atomic mass is 19.4. The van der Waals surface area contributed by atoms with Crippen LogP contribution in [0, 0.1) is 6.92 Å². The smallest absolute Gasteiger partial charge is 0.371 e. The number of halogens is 3. The Bertz CT molecular complexity index is 352. The van der Waals surface area contributed by atoms with Gasteiger partial charge in [0.2, 0.25) is 0 Å². The van der Waals surface area contributed by atoms with E-state index in [1.165, 1.54) is 0 Å². The lowest BCUT2D eigenvalue weighted by atomic mass is 10.3. The van der Waals surface area contributed by atoms with Crippen LogP contribution in [-0.4, -0.2) is 41.8 Å². The first-order chi connectivity index (χ1) is 8.37. The van der Waals surface area contributed by atoms with Crippen LogP contribution in [0.5, 0.6) is 0 Å². The number of hydrogen-bond donors (Lipinski definition) is 1. The minimum absolute atomic E-state index is 0.0436. The zero-order chi connectivity index (χ0) is 13.6. The molecule has 1 atom stereocenters. The third-order valence-corrected chi connectivity index (χ3v) is 2.23. The van der Waals surface area contributed by atoms with E-state index in [4.69, 9.17) is 0 Å². The Morgan fingerprint density at radius 2 is 2.22 bits per heavy atom. The number of nitrogens with zero attached hydrogens (tertiary/aromatic N) is 2. The third kappa shape index (κ3) is 6.61. The molecule has 104 valence electrons. The van der Waals surface area contributed by atoms with Gasteiger partial charge < -0.3 is 10.1 Å². The maximum Gasteiger partial charge on any atom is 0.411 e. The van der Waals surface area contributed by atoms with Crippen LogP contribution in [0.1, 0.15) is 12.5 Å². The molecule has 1 N–H and O–H groups in total. The molecule has 0 radical (unpaired) electrons. The van der Waals surface area contributed by atoms with Crippen LogP contribution >= 0.6 is 0 Å². The second-order valence-corrected chi connectivity index (χ2v) is 4.26. The van der Waals surface area contributed by atoms with Gasteiger partial charge in [-0.15, -0.1) is 0 Å². The van der Waals surface area contributed by atoms with E-state index in [9.17, 15) is 13.2 Å². The summed E-state index contributed by atoms with van der Waals surface area (Å²) in [5, 5.41) is 7.20. The molecule has 0 fully saturated rings. The largest absolute Gasteiger partial charge is 0.411 e. The van der Waals surface area contributed by atoms with Crippen molar-refractivity contribution in [3.05, 3.63) is 18.0 Å². The Morgan fingerprint density at radius 3 is 2.78 bits per heavy atom. The molecule has 4 nitrogen and oxygen atoms in total. The molecule has 1 aromatic rings. The van der Waals surface area contributed by atoms with Crippen LogP contribution in [0.15, 0.2) is 12.4 Å². The molecule has 0 aromatic carbocycles. The molecule has 0 saturated carbocycles. The van der Waals surface area contributed by atoms with E-state index in [0.29, 0.717) is 13.1 Å². The van der Waals surface area contributed by atoms with Crippen molar-refractivity contribution in [3.63, 3.8) is 0 Å². The lowest BCUT2D eigenvalue weighted by Crippen LogP contribution is -2.33. The van der Waals surface area contributed by atoms with E-state index in [1.54, 1.807) is 10.9 Å². The number of aryl methyl sites for hydroxylation is 1. The number of ether oxygens (including phenoxy) is 1. The van der Waals surface area contributed by atoms with Gasteiger partial charge in [-0.2, -0.15) is 18.3 Å². The normalized spacial score (nSPS) is 13.8. The Balaban J connectivity index is 2.09. The van der Waals surface area contributed by atoms with E-state index in [1.807, 2.05) is 20.0 Å². The zero-order valence-electron chi connectivity index (χ0n) is 10.5. The van der Waals surface area contributed by atoms with Crippen LogP contribution < -0.4 is 5.32 Å². The lowest BCUT2D eigenvalue weighted by Gasteiger charge is -2.14. The van der Waals surface area contributed by atoms with Gasteiger partial charge in [-0.05, 0) is 19.4 Å². The summed E-state index contributed by atoms with van der Waals surface area (Å²) in [6.45, 7) is 3.81. The Labute approximate surface area is 104 Å². The molecule has 18 heavy (non-hydrogen) atoms. The number of aromatic nitrogens is 2. The van der Waals surface area contributed by atoms with Crippen LogP contribution in [0.2, 0.25) is 0 Å². The molecule has 0 unspecified atom stereocenters. The predicted molar refractivity (Wildman–Crippen MR) is 61.3 cm³/mol. The van der Waals surface area contributed by atoms with Gasteiger partial charge in [-0.25, -0.2) is 0 Å². The van der Waals surface area contributed by atoms with E-state index >= 15 is 0 Å². The molecule has 0 amide bonds. The Kier molecular flexibility index (Phi) is 5.61. The quantitative estimate of drug-likeness (QED) is 0.763. The standard InChI is InChI=1S/C11H18F3N3O/c1-9-5-16-17(6-9)7-10(2)15-3-4-18-8-11(12,13)14/h5-6,10,15H,3-4,7-8H2,1-2H3/t10-/m0/s1.